The van der Waals surface area contributed by atoms with Crippen LogP contribution in [0.2, 0.25) is 0 Å². The van der Waals surface area contributed by atoms with Gasteiger partial charge in [0.15, 0.2) is 6.10 Å². The molecule has 0 saturated carbocycles. The van der Waals surface area contributed by atoms with Crippen LogP contribution in [-0.4, -0.2) is 61.4 Å². The Hall–Kier alpha value is -3.04. The molecule has 206 valence electrons. The van der Waals surface area contributed by atoms with Gasteiger partial charge in [0, 0.05) is 27.9 Å². The number of carbonyl (C=O) groups is 3. The van der Waals surface area contributed by atoms with Gasteiger partial charge in [-0.3, -0.25) is 18.9 Å². The standard InChI is InChI=1S/C27H33O10P/c1-18(28)35-24-23(17-33-15-21-11-7-5-8-12-21)38(31,32-4)27(37-20(3)30)26(36-19(2)29)25(24)34-16-22-13-9-6-10-14-22/h5-14,23-27H,15-17H2,1-4H3/t23-,24+,25-,26+,27-,38?/m0/s1. The fraction of sp³-hybridized carbons (Fsp3) is 0.444. The zero-order valence-electron chi connectivity index (χ0n) is 21.8. The zero-order chi connectivity index (χ0) is 27.7. The number of rotatable bonds is 11. The van der Waals surface area contributed by atoms with Crippen molar-refractivity contribution in [2.24, 2.45) is 0 Å². The van der Waals surface area contributed by atoms with E-state index in [0.29, 0.717) is 0 Å². The van der Waals surface area contributed by atoms with E-state index >= 15 is 0 Å². The minimum Gasteiger partial charge on any atom is -0.459 e. The summed E-state index contributed by atoms with van der Waals surface area (Å²) in [6.07, 6.45) is -3.76. The summed E-state index contributed by atoms with van der Waals surface area (Å²) in [5, 5.41) is 0. The van der Waals surface area contributed by atoms with Crippen molar-refractivity contribution in [2.45, 2.75) is 63.8 Å². The van der Waals surface area contributed by atoms with Gasteiger partial charge in [-0.15, -0.1) is 0 Å². The SMILES string of the molecule is COP1(=O)[C@H](OC(C)=O)[C@H](OC(C)=O)[C@@H](OCc2ccccc2)[C@H](OC(C)=O)[C@@H]1COCc1ccccc1. The van der Waals surface area contributed by atoms with Crippen LogP contribution in [0.1, 0.15) is 31.9 Å². The van der Waals surface area contributed by atoms with Gasteiger partial charge >= 0.3 is 17.9 Å². The molecule has 3 rings (SSSR count). The van der Waals surface area contributed by atoms with Gasteiger partial charge in [-0.25, -0.2) is 0 Å². The van der Waals surface area contributed by atoms with Crippen LogP contribution < -0.4 is 0 Å². The van der Waals surface area contributed by atoms with Crippen molar-refractivity contribution in [2.75, 3.05) is 13.7 Å². The second kappa shape index (κ2) is 13.7. The molecule has 10 nitrogen and oxygen atoms in total. The first kappa shape index (κ1) is 29.5. The van der Waals surface area contributed by atoms with Gasteiger partial charge in [0.25, 0.3) is 7.37 Å². The maximum Gasteiger partial charge on any atom is 0.303 e. The lowest BCUT2D eigenvalue weighted by Crippen LogP contribution is -2.61. The lowest BCUT2D eigenvalue weighted by molar-refractivity contribution is -0.196. The molecule has 1 aliphatic rings. The second-order valence-electron chi connectivity index (χ2n) is 8.81. The number of carbonyl (C=O) groups excluding carboxylic acids is 3. The summed E-state index contributed by atoms with van der Waals surface area (Å²) in [6.45, 7) is 3.54. The van der Waals surface area contributed by atoms with Crippen molar-refractivity contribution in [3.05, 3.63) is 71.8 Å². The van der Waals surface area contributed by atoms with Gasteiger partial charge in [-0.05, 0) is 11.1 Å². The van der Waals surface area contributed by atoms with E-state index in [1.165, 1.54) is 14.0 Å². The van der Waals surface area contributed by atoms with Crippen LogP contribution >= 0.6 is 7.37 Å². The summed E-state index contributed by atoms with van der Waals surface area (Å²) in [5.74, 6) is -3.69. The molecule has 6 atom stereocenters. The van der Waals surface area contributed by atoms with Crippen LogP contribution in [0.25, 0.3) is 0 Å². The van der Waals surface area contributed by atoms with Crippen LogP contribution in [0, 0.1) is 0 Å². The van der Waals surface area contributed by atoms with Crippen LogP contribution in [0.4, 0.5) is 0 Å². The average molecular weight is 549 g/mol. The summed E-state index contributed by atoms with van der Waals surface area (Å²) < 4.78 is 48.6. The molecule has 1 unspecified atom stereocenters. The van der Waals surface area contributed by atoms with Crippen LogP contribution in [0.3, 0.4) is 0 Å². The minimum atomic E-state index is -4.05. The predicted molar refractivity (Wildman–Crippen MR) is 136 cm³/mol. The van der Waals surface area contributed by atoms with Gasteiger partial charge in [-0.2, -0.15) is 0 Å². The van der Waals surface area contributed by atoms with E-state index in [-0.39, 0.29) is 19.8 Å². The lowest BCUT2D eigenvalue weighted by atomic mass is 10.0. The molecule has 1 heterocycles. The van der Waals surface area contributed by atoms with E-state index in [1.807, 2.05) is 60.7 Å². The molecule has 0 amide bonds. The molecule has 0 aliphatic carbocycles. The lowest BCUT2D eigenvalue weighted by Gasteiger charge is -2.47. The summed E-state index contributed by atoms with van der Waals surface area (Å²) >= 11 is 0. The second-order valence-corrected chi connectivity index (χ2v) is 11.6. The first-order chi connectivity index (χ1) is 18.2. The van der Waals surface area contributed by atoms with E-state index in [9.17, 15) is 18.9 Å². The van der Waals surface area contributed by atoms with Crippen molar-refractivity contribution in [3.8, 4) is 0 Å². The number of hydrogen-bond donors (Lipinski definition) is 0. The molecular formula is C27H33O10P. The monoisotopic (exact) mass is 548 g/mol. The number of esters is 3. The van der Waals surface area contributed by atoms with Crippen molar-refractivity contribution in [3.63, 3.8) is 0 Å². The van der Waals surface area contributed by atoms with Crippen LogP contribution in [0.5, 0.6) is 0 Å². The Morgan fingerprint density at radius 2 is 1.21 bits per heavy atom. The Morgan fingerprint density at radius 3 is 1.71 bits per heavy atom. The molecule has 1 aliphatic heterocycles. The fourth-order valence-electron chi connectivity index (χ4n) is 4.40. The minimum absolute atomic E-state index is 0.0443. The Morgan fingerprint density at radius 1 is 0.711 bits per heavy atom. The third-order valence-corrected chi connectivity index (χ3v) is 9.03. The molecule has 38 heavy (non-hydrogen) atoms. The number of ether oxygens (including phenoxy) is 5. The topological polar surface area (TPSA) is 124 Å². The number of benzene rings is 2. The van der Waals surface area contributed by atoms with E-state index in [2.05, 4.69) is 0 Å². The zero-order valence-corrected chi connectivity index (χ0v) is 22.7. The van der Waals surface area contributed by atoms with Crippen LogP contribution in [0.15, 0.2) is 60.7 Å². The highest BCUT2D eigenvalue weighted by atomic mass is 31.2. The molecule has 2 aromatic rings. The average Bonchev–Trinajstić information content (AvgIpc) is 2.88. The van der Waals surface area contributed by atoms with Gasteiger partial charge in [-0.1, -0.05) is 60.7 Å². The number of hydrogen-bond acceptors (Lipinski definition) is 10. The first-order valence-electron chi connectivity index (χ1n) is 12.1. The third-order valence-electron chi connectivity index (χ3n) is 5.99. The summed E-state index contributed by atoms with van der Waals surface area (Å²) in [7, 11) is -2.85. The van der Waals surface area contributed by atoms with Crippen LogP contribution in [-0.2, 0) is 60.4 Å². The van der Waals surface area contributed by atoms with Crippen molar-refractivity contribution in [1.82, 2.24) is 0 Å². The largest absolute Gasteiger partial charge is 0.459 e. The Balaban J connectivity index is 2.03. The first-order valence-corrected chi connectivity index (χ1v) is 13.9. The van der Waals surface area contributed by atoms with Gasteiger partial charge < -0.3 is 28.2 Å². The summed E-state index contributed by atoms with van der Waals surface area (Å²) in [6, 6.07) is 18.5. The summed E-state index contributed by atoms with van der Waals surface area (Å²) in [4.78, 5) is 36.4. The Kier molecular flexibility index (Phi) is 10.6. The van der Waals surface area contributed by atoms with E-state index in [1.54, 1.807) is 0 Å². The predicted octanol–water partition coefficient (Wildman–Crippen LogP) is 3.85. The molecule has 11 heteroatoms. The van der Waals surface area contributed by atoms with Gasteiger partial charge in [0.2, 0.25) is 5.85 Å². The third kappa shape index (κ3) is 7.51. The maximum atomic E-state index is 14.4. The molecule has 0 N–H and O–H groups in total. The molecule has 0 radical (unpaired) electrons. The van der Waals surface area contributed by atoms with E-state index in [0.717, 1.165) is 25.0 Å². The highest BCUT2D eigenvalue weighted by Gasteiger charge is 2.63. The summed E-state index contributed by atoms with van der Waals surface area (Å²) in [5.41, 5.74) is 0.555. The van der Waals surface area contributed by atoms with Crippen molar-refractivity contribution >= 4 is 25.3 Å². The van der Waals surface area contributed by atoms with Gasteiger partial charge in [0.05, 0.1) is 19.8 Å². The molecule has 1 fully saturated rings. The van der Waals surface area contributed by atoms with Crippen molar-refractivity contribution < 1.29 is 47.2 Å². The highest BCUT2D eigenvalue weighted by Crippen LogP contribution is 2.63. The maximum absolute atomic E-state index is 14.4. The Bertz CT molecular complexity index is 1120. The Labute approximate surface area is 221 Å². The smallest absolute Gasteiger partial charge is 0.303 e. The molecule has 1 saturated heterocycles. The molecule has 0 spiro atoms. The normalized spacial score (nSPS) is 26.8. The van der Waals surface area contributed by atoms with Crippen molar-refractivity contribution in [1.29, 1.82) is 0 Å². The van der Waals surface area contributed by atoms with E-state index < -0.39 is 55.1 Å². The molecule has 2 aromatic carbocycles. The van der Waals surface area contributed by atoms with E-state index in [4.69, 9.17) is 28.2 Å². The molecular weight excluding hydrogens is 515 g/mol. The molecule has 0 aromatic heterocycles. The quantitative estimate of drug-likeness (QED) is 0.232. The molecule has 0 bridgehead atoms. The fourth-order valence-corrected chi connectivity index (χ4v) is 7.14. The highest BCUT2D eigenvalue weighted by molar-refractivity contribution is 7.60. The van der Waals surface area contributed by atoms with Gasteiger partial charge in [0.1, 0.15) is 17.9 Å².